The summed E-state index contributed by atoms with van der Waals surface area (Å²) in [5.74, 6) is 1.24. The quantitative estimate of drug-likeness (QED) is 0.658. The van der Waals surface area contributed by atoms with Gasteiger partial charge in [0.15, 0.2) is 0 Å². The van der Waals surface area contributed by atoms with Crippen molar-refractivity contribution >= 4 is 35.0 Å². The molecule has 18 heavy (non-hydrogen) atoms. The van der Waals surface area contributed by atoms with Crippen LogP contribution in [0.1, 0.15) is 36.0 Å². The van der Waals surface area contributed by atoms with Crippen molar-refractivity contribution in [1.82, 2.24) is 0 Å². The second-order valence-electron chi connectivity index (χ2n) is 4.71. The number of primary amides is 1. The van der Waals surface area contributed by atoms with Gasteiger partial charge in [0.1, 0.15) is 0 Å². The van der Waals surface area contributed by atoms with Gasteiger partial charge >= 0.3 is 0 Å². The van der Waals surface area contributed by atoms with Gasteiger partial charge in [-0.2, -0.15) is 0 Å². The second kappa shape index (κ2) is 5.85. The zero-order valence-electron chi connectivity index (χ0n) is 10.1. The van der Waals surface area contributed by atoms with Crippen molar-refractivity contribution < 1.29 is 4.79 Å². The number of anilines is 1. The van der Waals surface area contributed by atoms with Crippen LogP contribution in [0, 0.1) is 5.92 Å². The molecular weight excluding hydrogens is 268 g/mol. The van der Waals surface area contributed by atoms with E-state index in [9.17, 15) is 4.79 Å². The zero-order chi connectivity index (χ0) is 13.1. The SMILES string of the molecule is NC(=O)c1cc(N)cc(Cl)c1SCC1CCCC1. The average molecular weight is 285 g/mol. The monoisotopic (exact) mass is 284 g/mol. The summed E-state index contributed by atoms with van der Waals surface area (Å²) in [7, 11) is 0. The number of nitrogen functional groups attached to an aromatic ring is 1. The third-order valence-corrected chi connectivity index (χ3v) is 5.05. The molecule has 0 aliphatic heterocycles. The number of hydrogen-bond donors (Lipinski definition) is 2. The average Bonchev–Trinajstić information content (AvgIpc) is 2.79. The highest BCUT2D eigenvalue weighted by atomic mass is 35.5. The Hall–Kier alpha value is -0.870. The predicted octanol–water partition coefficient (Wildman–Crippen LogP) is 3.30. The lowest BCUT2D eigenvalue weighted by molar-refractivity contribution is 0.0997. The minimum Gasteiger partial charge on any atom is -0.399 e. The maximum absolute atomic E-state index is 11.4. The van der Waals surface area contributed by atoms with E-state index in [1.807, 2.05) is 0 Å². The van der Waals surface area contributed by atoms with Crippen molar-refractivity contribution in [3.05, 3.63) is 22.7 Å². The lowest BCUT2D eigenvalue weighted by Crippen LogP contribution is -2.13. The summed E-state index contributed by atoms with van der Waals surface area (Å²) in [6.07, 6.45) is 5.16. The maximum atomic E-state index is 11.4. The van der Waals surface area contributed by atoms with Crippen LogP contribution >= 0.6 is 23.4 Å². The Morgan fingerprint density at radius 2 is 2.06 bits per heavy atom. The number of rotatable bonds is 4. The van der Waals surface area contributed by atoms with E-state index in [-0.39, 0.29) is 0 Å². The number of carbonyl (C=O) groups excluding carboxylic acids is 1. The van der Waals surface area contributed by atoms with E-state index in [1.54, 1.807) is 23.9 Å². The summed E-state index contributed by atoms with van der Waals surface area (Å²) in [4.78, 5) is 12.2. The molecular formula is C13H17ClN2OS. The number of halogens is 1. The summed E-state index contributed by atoms with van der Waals surface area (Å²) in [6.45, 7) is 0. The molecule has 0 heterocycles. The molecule has 0 aromatic heterocycles. The minimum absolute atomic E-state index is 0.433. The highest BCUT2D eigenvalue weighted by Crippen LogP contribution is 2.37. The Morgan fingerprint density at radius 3 is 2.67 bits per heavy atom. The number of thioether (sulfide) groups is 1. The van der Waals surface area contributed by atoms with Crippen molar-refractivity contribution in [3.8, 4) is 0 Å². The van der Waals surface area contributed by atoms with Crippen LogP contribution in [0.15, 0.2) is 17.0 Å². The molecule has 0 spiro atoms. The molecule has 4 N–H and O–H groups in total. The summed E-state index contributed by atoms with van der Waals surface area (Å²) in [6, 6.07) is 3.27. The first kappa shape index (κ1) is 13.6. The van der Waals surface area contributed by atoms with Crippen LogP contribution in [0.25, 0.3) is 0 Å². The fourth-order valence-electron chi connectivity index (χ4n) is 2.32. The molecule has 0 saturated heterocycles. The molecule has 1 amide bonds. The molecule has 0 atom stereocenters. The number of carbonyl (C=O) groups is 1. The van der Waals surface area contributed by atoms with Crippen LogP contribution in [0.2, 0.25) is 5.02 Å². The van der Waals surface area contributed by atoms with E-state index in [0.717, 1.165) is 16.6 Å². The van der Waals surface area contributed by atoms with E-state index < -0.39 is 5.91 Å². The highest BCUT2D eigenvalue weighted by Gasteiger charge is 2.19. The van der Waals surface area contributed by atoms with Crippen molar-refractivity contribution in [3.63, 3.8) is 0 Å². The summed E-state index contributed by atoms with van der Waals surface area (Å²) >= 11 is 7.78. The van der Waals surface area contributed by atoms with Gasteiger partial charge in [0, 0.05) is 16.3 Å². The highest BCUT2D eigenvalue weighted by molar-refractivity contribution is 7.99. The van der Waals surface area contributed by atoms with Crippen LogP contribution in [-0.2, 0) is 0 Å². The summed E-state index contributed by atoms with van der Waals surface area (Å²) in [5.41, 5.74) is 12.0. The van der Waals surface area contributed by atoms with E-state index in [1.165, 1.54) is 25.7 Å². The molecule has 1 aromatic carbocycles. The molecule has 5 heteroatoms. The smallest absolute Gasteiger partial charge is 0.249 e. The Bertz CT molecular complexity index is 459. The molecule has 1 aromatic rings. The molecule has 1 aliphatic rings. The van der Waals surface area contributed by atoms with Gasteiger partial charge in [-0.25, -0.2) is 0 Å². The van der Waals surface area contributed by atoms with Gasteiger partial charge in [-0.05, 0) is 30.9 Å². The van der Waals surface area contributed by atoms with Crippen molar-refractivity contribution in [2.45, 2.75) is 30.6 Å². The first-order valence-corrected chi connectivity index (χ1v) is 7.46. The zero-order valence-corrected chi connectivity index (χ0v) is 11.7. The molecule has 1 aliphatic carbocycles. The minimum atomic E-state index is -0.474. The first-order valence-electron chi connectivity index (χ1n) is 6.09. The van der Waals surface area contributed by atoms with Crippen molar-refractivity contribution in [2.24, 2.45) is 11.7 Å². The third kappa shape index (κ3) is 3.12. The van der Waals surface area contributed by atoms with Crippen LogP contribution in [0.4, 0.5) is 5.69 Å². The Balaban J connectivity index is 2.17. The fraction of sp³-hybridized carbons (Fsp3) is 0.462. The number of amides is 1. The standard InChI is InChI=1S/C13H17ClN2OS/c14-11-6-9(15)5-10(13(16)17)12(11)18-7-8-3-1-2-4-8/h5-6,8H,1-4,7,15H2,(H2,16,17). The van der Waals surface area contributed by atoms with E-state index in [2.05, 4.69) is 0 Å². The molecule has 2 rings (SSSR count). The number of benzene rings is 1. The molecule has 0 unspecified atom stereocenters. The molecule has 98 valence electrons. The van der Waals surface area contributed by atoms with Gasteiger partial charge in [0.25, 0.3) is 0 Å². The van der Waals surface area contributed by atoms with Gasteiger partial charge in [-0.3, -0.25) is 4.79 Å². The van der Waals surface area contributed by atoms with E-state index >= 15 is 0 Å². The third-order valence-electron chi connectivity index (χ3n) is 3.27. The summed E-state index contributed by atoms with van der Waals surface area (Å²) in [5, 5.41) is 0.520. The van der Waals surface area contributed by atoms with Crippen LogP contribution in [0.3, 0.4) is 0 Å². The van der Waals surface area contributed by atoms with E-state index in [4.69, 9.17) is 23.1 Å². The maximum Gasteiger partial charge on any atom is 0.249 e. The molecule has 0 bridgehead atoms. The topological polar surface area (TPSA) is 69.1 Å². The van der Waals surface area contributed by atoms with Gasteiger partial charge in [-0.15, -0.1) is 11.8 Å². The number of nitrogens with two attached hydrogens (primary N) is 2. The summed E-state index contributed by atoms with van der Waals surface area (Å²) < 4.78 is 0. The van der Waals surface area contributed by atoms with Crippen LogP contribution < -0.4 is 11.5 Å². The first-order chi connectivity index (χ1) is 8.58. The fourth-order valence-corrected chi connectivity index (χ4v) is 3.96. The molecule has 1 saturated carbocycles. The van der Waals surface area contributed by atoms with Crippen molar-refractivity contribution in [2.75, 3.05) is 11.5 Å². The van der Waals surface area contributed by atoms with Gasteiger partial charge in [-0.1, -0.05) is 24.4 Å². The molecule has 1 fully saturated rings. The van der Waals surface area contributed by atoms with Gasteiger partial charge in [0.05, 0.1) is 10.6 Å². The number of hydrogen-bond acceptors (Lipinski definition) is 3. The van der Waals surface area contributed by atoms with E-state index in [0.29, 0.717) is 16.3 Å². The molecule has 3 nitrogen and oxygen atoms in total. The lowest BCUT2D eigenvalue weighted by Gasteiger charge is -2.13. The lowest BCUT2D eigenvalue weighted by atomic mass is 10.1. The van der Waals surface area contributed by atoms with Crippen molar-refractivity contribution in [1.29, 1.82) is 0 Å². The largest absolute Gasteiger partial charge is 0.399 e. The Morgan fingerprint density at radius 1 is 1.39 bits per heavy atom. The predicted molar refractivity (Wildman–Crippen MR) is 77.1 cm³/mol. The molecule has 0 radical (unpaired) electrons. The van der Waals surface area contributed by atoms with Gasteiger partial charge < -0.3 is 11.5 Å². The van der Waals surface area contributed by atoms with Crippen LogP contribution in [0.5, 0.6) is 0 Å². The Kier molecular flexibility index (Phi) is 4.40. The second-order valence-corrected chi connectivity index (χ2v) is 6.14. The Labute approximate surface area is 116 Å². The normalized spacial score (nSPS) is 16.1. The van der Waals surface area contributed by atoms with Crippen LogP contribution in [-0.4, -0.2) is 11.7 Å². The van der Waals surface area contributed by atoms with Gasteiger partial charge in [0.2, 0.25) is 5.91 Å².